The summed E-state index contributed by atoms with van der Waals surface area (Å²) in [5, 5.41) is 6.94. The van der Waals surface area contributed by atoms with Gasteiger partial charge in [-0.15, -0.1) is 11.3 Å². The standard InChI is InChI=1S/C25H25N3O6S2/c1-17(29)26-19-8-10-20(11-9-19)27-23(30)16-34-24(31)15-22-21-6-3-2-5-18(21)12-13-28(22)36(32,33)25-7-4-14-35-25/h2-11,14,22H,12-13,15-16H2,1H3,(H,26,29)(H,27,30). The van der Waals surface area contributed by atoms with E-state index in [0.29, 0.717) is 17.8 Å². The number of sulfonamides is 1. The Hall–Kier alpha value is -3.54. The van der Waals surface area contributed by atoms with Gasteiger partial charge in [0, 0.05) is 24.8 Å². The van der Waals surface area contributed by atoms with Gasteiger partial charge in [0.2, 0.25) is 5.91 Å². The average Bonchev–Trinajstić information content (AvgIpc) is 3.40. The van der Waals surface area contributed by atoms with Crippen LogP contribution in [0.2, 0.25) is 0 Å². The third-order valence-electron chi connectivity index (χ3n) is 5.63. The maximum Gasteiger partial charge on any atom is 0.308 e. The Morgan fingerprint density at radius 2 is 1.69 bits per heavy atom. The van der Waals surface area contributed by atoms with E-state index in [1.165, 1.54) is 11.2 Å². The van der Waals surface area contributed by atoms with E-state index in [0.717, 1.165) is 22.5 Å². The monoisotopic (exact) mass is 527 g/mol. The first-order valence-corrected chi connectivity index (χ1v) is 13.5. The van der Waals surface area contributed by atoms with Crippen LogP contribution in [-0.4, -0.2) is 43.7 Å². The first-order valence-electron chi connectivity index (χ1n) is 11.2. The number of thiophene rings is 1. The Labute approximate surface area is 213 Å². The van der Waals surface area contributed by atoms with Crippen molar-refractivity contribution in [2.24, 2.45) is 0 Å². The van der Waals surface area contributed by atoms with Crippen LogP contribution in [0.15, 0.2) is 70.3 Å². The van der Waals surface area contributed by atoms with Crippen LogP contribution in [0.25, 0.3) is 0 Å². The second-order valence-electron chi connectivity index (χ2n) is 8.18. The predicted octanol–water partition coefficient (Wildman–Crippen LogP) is 3.57. The average molecular weight is 528 g/mol. The van der Waals surface area contributed by atoms with Gasteiger partial charge in [0.1, 0.15) is 4.21 Å². The summed E-state index contributed by atoms with van der Waals surface area (Å²) < 4.78 is 33.4. The molecule has 0 spiro atoms. The molecule has 188 valence electrons. The number of carbonyl (C=O) groups is 3. The Kier molecular flexibility index (Phi) is 7.82. The van der Waals surface area contributed by atoms with Gasteiger partial charge in [0.05, 0.1) is 12.5 Å². The van der Waals surface area contributed by atoms with Gasteiger partial charge in [0.15, 0.2) is 6.61 Å². The fourth-order valence-electron chi connectivity index (χ4n) is 4.05. The minimum atomic E-state index is -3.80. The van der Waals surface area contributed by atoms with E-state index < -0.39 is 34.5 Å². The van der Waals surface area contributed by atoms with Crippen LogP contribution in [0.3, 0.4) is 0 Å². The van der Waals surface area contributed by atoms with Crippen molar-refractivity contribution in [3.63, 3.8) is 0 Å². The topological polar surface area (TPSA) is 122 Å². The van der Waals surface area contributed by atoms with E-state index in [-0.39, 0.29) is 23.1 Å². The molecular formula is C25H25N3O6S2. The van der Waals surface area contributed by atoms with Crippen molar-refractivity contribution in [1.82, 2.24) is 4.31 Å². The number of fused-ring (bicyclic) bond motifs is 1. The van der Waals surface area contributed by atoms with Gasteiger partial charge in [-0.3, -0.25) is 14.4 Å². The summed E-state index contributed by atoms with van der Waals surface area (Å²) in [5.74, 6) is -1.43. The fraction of sp³-hybridized carbons (Fsp3) is 0.240. The highest BCUT2D eigenvalue weighted by Crippen LogP contribution is 2.37. The number of nitrogens with zero attached hydrogens (tertiary/aromatic N) is 1. The Bertz CT molecular complexity index is 1350. The lowest BCUT2D eigenvalue weighted by molar-refractivity contribution is -0.148. The molecule has 2 heterocycles. The molecule has 9 nitrogen and oxygen atoms in total. The van der Waals surface area contributed by atoms with E-state index in [9.17, 15) is 22.8 Å². The SMILES string of the molecule is CC(=O)Nc1ccc(NC(=O)COC(=O)CC2c3ccccc3CCN2S(=O)(=O)c2cccs2)cc1. The maximum atomic E-state index is 13.3. The molecule has 0 fully saturated rings. The molecule has 2 aromatic carbocycles. The molecule has 1 atom stereocenters. The molecule has 4 rings (SSSR count). The molecule has 0 radical (unpaired) electrons. The molecule has 0 bridgehead atoms. The van der Waals surface area contributed by atoms with Crippen LogP contribution in [-0.2, 0) is 35.6 Å². The number of ether oxygens (including phenoxy) is 1. The lowest BCUT2D eigenvalue weighted by atomic mass is 9.92. The summed E-state index contributed by atoms with van der Waals surface area (Å²) in [4.78, 5) is 36.1. The summed E-state index contributed by atoms with van der Waals surface area (Å²) >= 11 is 1.13. The molecule has 2 N–H and O–H groups in total. The molecule has 11 heteroatoms. The van der Waals surface area contributed by atoms with E-state index in [2.05, 4.69) is 10.6 Å². The number of nitrogens with one attached hydrogen (secondary N) is 2. The second-order valence-corrected chi connectivity index (χ2v) is 11.2. The molecule has 0 saturated heterocycles. The van der Waals surface area contributed by atoms with Crippen molar-refractivity contribution < 1.29 is 27.5 Å². The highest BCUT2D eigenvalue weighted by molar-refractivity contribution is 7.91. The van der Waals surface area contributed by atoms with E-state index >= 15 is 0 Å². The van der Waals surface area contributed by atoms with Gasteiger partial charge in [-0.05, 0) is 53.3 Å². The van der Waals surface area contributed by atoms with E-state index in [4.69, 9.17) is 4.74 Å². The van der Waals surface area contributed by atoms with Gasteiger partial charge >= 0.3 is 5.97 Å². The first kappa shape index (κ1) is 25.5. The molecule has 1 unspecified atom stereocenters. The number of esters is 1. The normalized spacial score (nSPS) is 15.5. The molecule has 1 aliphatic rings. The van der Waals surface area contributed by atoms with Crippen molar-refractivity contribution in [2.75, 3.05) is 23.8 Å². The zero-order valence-corrected chi connectivity index (χ0v) is 21.1. The van der Waals surface area contributed by atoms with E-state index in [1.807, 2.05) is 24.3 Å². The lowest BCUT2D eigenvalue weighted by Crippen LogP contribution is -2.41. The quantitative estimate of drug-likeness (QED) is 0.432. The summed E-state index contributed by atoms with van der Waals surface area (Å²) in [7, 11) is -3.80. The second kappa shape index (κ2) is 11.0. The zero-order chi connectivity index (χ0) is 25.7. The van der Waals surface area contributed by atoms with Gasteiger partial charge in [0.25, 0.3) is 15.9 Å². The van der Waals surface area contributed by atoms with Crippen molar-refractivity contribution in [3.8, 4) is 0 Å². The Balaban J connectivity index is 1.41. The van der Waals surface area contributed by atoms with Gasteiger partial charge in [-0.2, -0.15) is 4.31 Å². The molecule has 36 heavy (non-hydrogen) atoms. The predicted molar refractivity (Wildman–Crippen MR) is 136 cm³/mol. The number of anilines is 2. The van der Waals surface area contributed by atoms with Gasteiger partial charge in [-0.1, -0.05) is 30.3 Å². The largest absolute Gasteiger partial charge is 0.456 e. The van der Waals surface area contributed by atoms with Crippen molar-refractivity contribution in [1.29, 1.82) is 0 Å². The van der Waals surface area contributed by atoms with Crippen molar-refractivity contribution in [2.45, 2.75) is 30.0 Å². The maximum absolute atomic E-state index is 13.3. The number of benzene rings is 2. The van der Waals surface area contributed by atoms with Crippen molar-refractivity contribution in [3.05, 3.63) is 77.2 Å². The summed E-state index contributed by atoms with van der Waals surface area (Å²) in [5.41, 5.74) is 2.79. The molecule has 3 aromatic rings. The first-order chi connectivity index (χ1) is 17.2. The smallest absolute Gasteiger partial charge is 0.308 e. The van der Waals surface area contributed by atoms with E-state index in [1.54, 1.807) is 41.8 Å². The number of carbonyl (C=O) groups excluding carboxylic acids is 3. The van der Waals surface area contributed by atoms with Crippen LogP contribution < -0.4 is 10.6 Å². The molecular weight excluding hydrogens is 502 g/mol. The third-order valence-corrected chi connectivity index (χ3v) is 8.92. The third kappa shape index (κ3) is 5.99. The number of amides is 2. The zero-order valence-electron chi connectivity index (χ0n) is 19.5. The molecule has 0 aliphatic carbocycles. The Morgan fingerprint density at radius 3 is 2.36 bits per heavy atom. The molecule has 1 aliphatic heterocycles. The molecule has 1 aromatic heterocycles. The highest BCUT2D eigenvalue weighted by Gasteiger charge is 2.38. The Morgan fingerprint density at radius 1 is 1.00 bits per heavy atom. The minimum absolute atomic E-state index is 0.207. The van der Waals surface area contributed by atoms with Crippen LogP contribution in [0.4, 0.5) is 11.4 Å². The molecule has 2 amide bonds. The summed E-state index contributed by atoms with van der Waals surface area (Å²) in [6.07, 6.45) is 0.315. The van der Waals surface area contributed by atoms with Crippen LogP contribution in [0.1, 0.15) is 30.5 Å². The van der Waals surface area contributed by atoms with Crippen LogP contribution >= 0.6 is 11.3 Å². The molecule has 0 saturated carbocycles. The summed E-state index contributed by atoms with van der Waals surface area (Å²) in [6.45, 7) is 1.12. The minimum Gasteiger partial charge on any atom is -0.456 e. The van der Waals surface area contributed by atoms with Crippen molar-refractivity contribution >= 4 is 50.5 Å². The van der Waals surface area contributed by atoms with Crippen LogP contribution in [0, 0.1) is 0 Å². The summed E-state index contributed by atoms with van der Waals surface area (Å²) in [6, 6.07) is 16.4. The lowest BCUT2D eigenvalue weighted by Gasteiger charge is -2.35. The van der Waals surface area contributed by atoms with Gasteiger partial charge in [-0.25, -0.2) is 8.42 Å². The van der Waals surface area contributed by atoms with Gasteiger partial charge < -0.3 is 15.4 Å². The highest BCUT2D eigenvalue weighted by atomic mass is 32.2. The number of rotatable bonds is 8. The number of hydrogen-bond acceptors (Lipinski definition) is 7. The fourth-order valence-corrected chi connectivity index (χ4v) is 6.78. The van der Waals surface area contributed by atoms with Crippen LogP contribution in [0.5, 0.6) is 0 Å². The number of hydrogen-bond donors (Lipinski definition) is 2.